The summed E-state index contributed by atoms with van der Waals surface area (Å²) in [7, 11) is 0. The van der Waals surface area contributed by atoms with E-state index in [0.29, 0.717) is 11.4 Å². The predicted octanol–water partition coefficient (Wildman–Crippen LogP) is 4.41. The van der Waals surface area contributed by atoms with Crippen molar-refractivity contribution in [2.24, 2.45) is 0 Å². The van der Waals surface area contributed by atoms with Gasteiger partial charge in [-0.1, -0.05) is 0 Å². The van der Waals surface area contributed by atoms with E-state index in [4.69, 9.17) is 0 Å². The van der Waals surface area contributed by atoms with Gasteiger partial charge < -0.3 is 0 Å². The maximum Gasteiger partial charge on any atom is 0.123 e. The number of benzene rings is 2. The third-order valence-corrected chi connectivity index (χ3v) is 3.73. The van der Waals surface area contributed by atoms with Gasteiger partial charge in [0.15, 0.2) is 0 Å². The summed E-state index contributed by atoms with van der Waals surface area (Å²) in [6, 6.07) is 16.0. The number of aromatic nitrogens is 4. The molecule has 2 aromatic heterocycles. The lowest BCUT2D eigenvalue weighted by atomic mass is 10.1. The number of hydrogen-bond donors (Lipinski definition) is 2. The van der Waals surface area contributed by atoms with Crippen molar-refractivity contribution in [2.45, 2.75) is 0 Å². The van der Waals surface area contributed by atoms with Crippen LogP contribution < -0.4 is 0 Å². The van der Waals surface area contributed by atoms with Gasteiger partial charge in [-0.2, -0.15) is 10.2 Å². The zero-order chi connectivity index (χ0) is 16.5. The average molecular weight is 322 g/mol. The minimum atomic E-state index is -0.285. The highest BCUT2D eigenvalue weighted by atomic mass is 19.1. The first-order chi connectivity index (χ1) is 11.7. The molecule has 0 amide bonds. The molecule has 4 aromatic rings. The molecule has 4 nitrogen and oxygen atoms in total. The summed E-state index contributed by atoms with van der Waals surface area (Å²) in [5.74, 6) is -0.570. The average Bonchev–Trinajstić information content (AvgIpc) is 3.25. The summed E-state index contributed by atoms with van der Waals surface area (Å²) in [5.41, 5.74) is 4.57. The zero-order valence-corrected chi connectivity index (χ0v) is 12.4. The minimum Gasteiger partial charge on any atom is -0.276 e. The topological polar surface area (TPSA) is 57.4 Å². The third-order valence-electron chi connectivity index (χ3n) is 3.73. The molecule has 0 aliphatic heterocycles. The third kappa shape index (κ3) is 2.69. The maximum atomic E-state index is 13.0. The van der Waals surface area contributed by atoms with E-state index < -0.39 is 0 Å². The standard InChI is InChI=1S/C18H12F2N4/c19-13-5-1-11(2-6-13)15-9-17(23-21-15)18-10-16(22-24-18)12-3-7-14(20)8-4-12/h1-10H,(H,21,23)(H,22,24). The molecule has 0 saturated heterocycles. The summed E-state index contributed by atoms with van der Waals surface area (Å²) >= 11 is 0. The Hall–Kier alpha value is -3.28. The Balaban J connectivity index is 1.63. The highest BCUT2D eigenvalue weighted by Gasteiger charge is 2.10. The van der Waals surface area contributed by atoms with Gasteiger partial charge in [0.2, 0.25) is 0 Å². The molecule has 0 unspecified atom stereocenters. The van der Waals surface area contributed by atoms with Crippen LogP contribution in [0.1, 0.15) is 0 Å². The smallest absolute Gasteiger partial charge is 0.123 e. The van der Waals surface area contributed by atoms with Crippen molar-refractivity contribution in [3.8, 4) is 33.9 Å². The molecule has 6 heteroatoms. The fraction of sp³-hybridized carbons (Fsp3) is 0. The second-order valence-corrected chi connectivity index (χ2v) is 5.35. The van der Waals surface area contributed by atoms with Gasteiger partial charge in [-0.25, -0.2) is 8.78 Å². The Bertz CT molecular complexity index is 887. The largest absolute Gasteiger partial charge is 0.276 e. The number of rotatable bonds is 3. The van der Waals surface area contributed by atoms with E-state index in [-0.39, 0.29) is 11.6 Å². The zero-order valence-electron chi connectivity index (χ0n) is 12.4. The molecule has 0 atom stereocenters. The van der Waals surface area contributed by atoms with Gasteiger partial charge in [0.1, 0.15) is 11.6 Å². The lowest BCUT2D eigenvalue weighted by Crippen LogP contribution is -1.78. The van der Waals surface area contributed by atoms with Gasteiger partial charge in [-0.3, -0.25) is 10.2 Å². The van der Waals surface area contributed by atoms with Crippen LogP contribution in [0.15, 0.2) is 60.7 Å². The van der Waals surface area contributed by atoms with E-state index in [1.54, 1.807) is 24.3 Å². The van der Waals surface area contributed by atoms with Crippen LogP contribution in [-0.2, 0) is 0 Å². The van der Waals surface area contributed by atoms with Gasteiger partial charge in [-0.15, -0.1) is 0 Å². The molecule has 0 aliphatic carbocycles. The Kier molecular flexibility index (Phi) is 3.42. The molecule has 118 valence electrons. The summed E-state index contributed by atoms with van der Waals surface area (Å²) in [6.07, 6.45) is 0. The number of nitrogens with one attached hydrogen (secondary N) is 2. The van der Waals surface area contributed by atoms with Gasteiger partial charge in [0, 0.05) is 11.1 Å². The lowest BCUT2D eigenvalue weighted by molar-refractivity contribution is 0.627. The van der Waals surface area contributed by atoms with Crippen LogP contribution >= 0.6 is 0 Å². The van der Waals surface area contributed by atoms with Crippen molar-refractivity contribution < 1.29 is 8.78 Å². The van der Waals surface area contributed by atoms with Crippen LogP contribution in [0.4, 0.5) is 8.78 Å². The SMILES string of the molecule is Fc1ccc(-c2cc(-c3cc(-c4ccc(F)cc4)n[nH]3)[nH]n2)cc1. The van der Waals surface area contributed by atoms with Gasteiger partial charge in [-0.05, 0) is 60.7 Å². The first-order valence-corrected chi connectivity index (χ1v) is 7.32. The van der Waals surface area contributed by atoms with Crippen LogP contribution in [0, 0.1) is 11.6 Å². The number of nitrogens with zero attached hydrogens (tertiary/aromatic N) is 2. The molecular formula is C18H12F2N4. The summed E-state index contributed by atoms with van der Waals surface area (Å²) in [4.78, 5) is 0. The molecule has 0 radical (unpaired) electrons. The van der Waals surface area contributed by atoms with Crippen molar-refractivity contribution in [1.82, 2.24) is 20.4 Å². The molecule has 2 N–H and O–H groups in total. The fourth-order valence-electron chi connectivity index (χ4n) is 2.46. The van der Waals surface area contributed by atoms with Crippen molar-refractivity contribution >= 4 is 0 Å². The molecule has 0 saturated carbocycles. The highest BCUT2D eigenvalue weighted by Crippen LogP contribution is 2.26. The first kappa shape index (κ1) is 14.3. The van der Waals surface area contributed by atoms with Crippen molar-refractivity contribution in [3.63, 3.8) is 0 Å². The molecule has 2 aromatic carbocycles. The van der Waals surface area contributed by atoms with Gasteiger partial charge in [0.25, 0.3) is 0 Å². The Labute approximate surface area is 136 Å². The Morgan fingerprint density at radius 1 is 0.583 bits per heavy atom. The van der Waals surface area contributed by atoms with E-state index in [1.165, 1.54) is 24.3 Å². The molecule has 0 aliphatic rings. The van der Waals surface area contributed by atoms with Crippen LogP contribution in [0.25, 0.3) is 33.9 Å². The predicted molar refractivity (Wildman–Crippen MR) is 87.0 cm³/mol. The van der Waals surface area contributed by atoms with E-state index in [1.807, 2.05) is 12.1 Å². The molecule has 4 rings (SSSR count). The van der Waals surface area contributed by atoms with Crippen LogP contribution in [0.2, 0.25) is 0 Å². The highest BCUT2D eigenvalue weighted by molar-refractivity contribution is 5.70. The molecule has 2 heterocycles. The number of H-pyrrole nitrogens is 2. The monoisotopic (exact) mass is 322 g/mol. The minimum absolute atomic E-state index is 0.285. The summed E-state index contributed by atoms with van der Waals surface area (Å²) in [5, 5.41) is 14.4. The number of halogens is 2. The lowest BCUT2D eigenvalue weighted by Gasteiger charge is -1.94. The van der Waals surface area contributed by atoms with E-state index in [0.717, 1.165) is 22.5 Å². The van der Waals surface area contributed by atoms with Crippen LogP contribution in [0.3, 0.4) is 0 Å². The summed E-state index contributed by atoms with van der Waals surface area (Å²) in [6.45, 7) is 0. The maximum absolute atomic E-state index is 13.0. The van der Waals surface area contributed by atoms with E-state index in [9.17, 15) is 8.78 Å². The second-order valence-electron chi connectivity index (χ2n) is 5.35. The van der Waals surface area contributed by atoms with E-state index >= 15 is 0 Å². The quantitative estimate of drug-likeness (QED) is 0.587. The van der Waals surface area contributed by atoms with Crippen molar-refractivity contribution in [3.05, 3.63) is 72.3 Å². The molecule has 0 spiro atoms. The van der Waals surface area contributed by atoms with Crippen LogP contribution in [-0.4, -0.2) is 20.4 Å². The first-order valence-electron chi connectivity index (χ1n) is 7.32. The molecule has 0 bridgehead atoms. The Morgan fingerprint density at radius 3 is 1.33 bits per heavy atom. The fourth-order valence-corrected chi connectivity index (χ4v) is 2.46. The number of hydrogen-bond acceptors (Lipinski definition) is 2. The number of aromatic amines is 2. The molecular weight excluding hydrogens is 310 g/mol. The normalized spacial score (nSPS) is 10.9. The Morgan fingerprint density at radius 2 is 0.958 bits per heavy atom. The van der Waals surface area contributed by atoms with Crippen molar-refractivity contribution in [2.75, 3.05) is 0 Å². The molecule has 24 heavy (non-hydrogen) atoms. The van der Waals surface area contributed by atoms with Gasteiger partial charge >= 0.3 is 0 Å². The van der Waals surface area contributed by atoms with E-state index in [2.05, 4.69) is 20.4 Å². The van der Waals surface area contributed by atoms with Gasteiger partial charge in [0.05, 0.1) is 22.8 Å². The molecule has 0 fully saturated rings. The van der Waals surface area contributed by atoms with Crippen molar-refractivity contribution in [1.29, 1.82) is 0 Å². The van der Waals surface area contributed by atoms with Crippen LogP contribution in [0.5, 0.6) is 0 Å². The second kappa shape index (κ2) is 5.73. The summed E-state index contributed by atoms with van der Waals surface area (Å²) < 4.78 is 26.0.